The molecule has 1 amide bonds. The molecule has 2 rings (SSSR count). The van der Waals surface area contributed by atoms with Gasteiger partial charge in [0.2, 0.25) is 5.91 Å². The van der Waals surface area contributed by atoms with Crippen LogP contribution >= 0.6 is 0 Å². The van der Waals surface area contributed by atoms with Gasteiger partial charge in [0, 0.05) is 13.0 Å². The number of carbonyl (C=O) groups excluding carboxylic acids is 2. The van der Waals surface area contributed by atoms with Crippen molar-refractivity contribution in [3.05, 3.63) is 35.9 Å². The van der Waals surface area contributed by atoms with Crippen molar-refractivity contribution in [2.75, 3.05) is 20.6 Å². The summed E-state index contributed by atoms with van der Waals surface area (Å²) in [7, 11) is 3.83. The molecule has 0 spiro atoms. The molecule has 0 bridgehead atoms. The first-order valence-electron chi connectivity index (χ1n) is 8.46. The molecule has 1 aliphatic heterocycles. The number of rotatable bonds is 6. The van der Waals surface area contributed by atoms with E-state index in [1.807, 2.05) is 68.1 Å². The van der Waals surface area contributed by atoms with Crippen molar-refractivity contribution in [3.8, 4) is 0 Å². The highest BCUT2D eigenvalue weighted by molar-refractivity contribution is 5.92. The lowest BCUT2D eigenvalue weighted by Crippen LogP contribution is -2.46. The summed E-state index contributed by atoms with van der Waals surface area (Å²) in [5.74, 6) is 0.580. The van der Waals surface area contributed by atoms with Crippen LogP contribution < -0.4 is 0 Å². The van der Waals surface area contributed by atoms with E-state index >= 15 is 0 Å². The molecule has 126 valence electrons. The van der Waals surface area contributed by atoms with Crippen LogP contribution in [0.25, 0.3) is 0 Å². The maximum Gasteiger partial charge on any atom is 0.245 e. The second-order valence-electron chi connectivity index (χ2n) is 7.03. The summed E-state index contributed by atoms with van der Waals surface area (Å²) in [4.78, 5) is 29.4. The molecule has 4 heteroatoms. The zero-order valence-corrected chi connectivity index (χ0v) is 14.7. The Labute approximate surface area is 139 Å². The Morgan fingerprint density at radius 3 is 2.43 bits per heavy atom. The van der Waals surface area contributed by atoms with Gasteiger partial charge in [-0.15, -0.1) is 0 Å². The molecular formula is C19H28N2O2. The van der Waals surface area contributed by atoms with Crippen LogP contribution in [-0.2, 0) is 9.59 Å². The zero-order chi connectivity index (χ0) is 17.0. The van der Waals surface area contributed by atoms with Crippen molar-refractivity contribution >= 4 is 11.7 Å². The largest absolute Gasteiger partial charge is 0.331 e. The maximum absolute atomic E-state index is 13.1. The molecule has 0 saturated carbocycles. The Hall–Kier alpha value is -1.68. The summed E-state index contributed by atoms with van der Waals surface area (Å²) < 4.78 is 0. The summed E-state index contributed by atoms with van der Waals surface area (Å²) in [6.45, 7) is 4.78. The van der Waals surface area contributed by atoms with Crippen molar-refractivity contribution in [1.82, 2.24) is 9.80 Å². The van der Waals surface area contributed by atoms with Crippen molar-refractivity contribution < 1.29 is 9.59 Å². The summed E-state index contributed by atoms with van der Waals surface area (Å²) in [6, 6.07) is 9.23. The van der Waals surface area contributed by atoms with Crippen LogP contribution in [0.2, 0.25) is 0 Å². The fourth-order valence-electron chi connectivity index (χ4n) is 3.36. The molecule has 2 atom stereocenters. The maximum atomic E-state index is 13.1. The zero-order valence-electron chi connectivity index (χ0n) is 14.7. The monoisotopic (exact) mass is 316 g/mol. The van der Waals surface area contributed by atoms with E-state index < -0.39 is 0 Å². The fourth-order valence-corrected chi connectivity index (χ4v) is 3.36. The molecule has 0 radical (unpaired) electrons. The number of carbonyl (C=O) groups is 2. The van der Waals surface area contributed by atoms with Crippen LogP contribution in [-0.4, -0.2) is 48.2 Å². The highest BCUT2D eigenvalue weighted by atomic mass is 16.2. The minimum absolute atomic E-state index is 0.0424. The van der Waals surface area contributed by atoms with Gasteiger partial charge in [-0.05, 0) is 38.4 Å². The van der Waals surface area contributed by atoms with Gasteiger partial charge in [-0.2, -0.15) is 0 Å². The standard InChI is InChI=1S/C19H28N2O2/c1-14(2)13-17(22)16-11-8-12-21(16)19(23)18(20(3)4)15-9-6-5-7-10-15/h5-7,9-10,14,16,18H,8,11-13H2,1-4H3. The Morgan fingerprint density at radius 2 is 1.87 bits per heavy atom. The van der Waals surface area contributed by atoms with Gasteiger partial charge >= 0.3 is 0 Å². The Bertz CT molecular complexity index is 540. The van der Waals surface area contributed by atoms with Gasteiger partial charge < -0.3 is 4.90 Å². The number of likely N-dealkylation sites (tertiary alicyclic amines) is 1. The van der Waals surface area contributed by atoms with Crippen LogP contribution in [0.4, 0.5) is 0 Å². The van der Waals surface area contributed by atoms with Crippen molar-refractivity contribution in [2.45, 2.75) is 45.2 Å². The van der Waals surface area contributed by atoms with Gasteiger partial charge in [-0.25, -0.2) is 0 Å². The van der Waals surface area contributed by atoms with Gasteiger partial charge in [0.25, 0.3) is 0 Å². The summed E-state index contributed by atoms with van der Waals surface area (Å²) in [5.41, 5.74) is 0.976. The van der Waals surface area contributed by atoms with Crippen LogP contribution in [0.15, 0.2) is 30.3 Å². The van der Waals surface area contributed by atoms with Crippen LogP contribution in [0, 0.1) is 5.92 Å². The lowest BCUT2D eigenvalue weighted by Gasteiger charge is -2.31. The van der Waals surface area contributed by atoms with E-state index in [4.69, 9.17) is 0 Å². The molecule has 0 aromatic heterocycles. The van der Waals surface area contributed by atoms with Crippen LogP contribution in [0.3, 0.4) is 0 Å². The van der Waals surface area contributed by atoms with Crippen LogP contribution in [0.5, 0.6) is 0 Å². The molecule has 4 nitrogen and oxygen atoms in total. The average molecular weight is 316 g/mol. The van der Waals surface area contributed by atoms with E-state index in [0.717, 1.165) is 18.4 Å². The highest BCUT2D eigenvalue weighted by Gasteiger charge is 2.38. The summed E-state index contributed by atoms with van der Waals surface area (Å²) >= 11 is 0. The minimum atomic E-state index is -0.330. The first-order chi connectivity index (χ1) is 10.9. The van der Waals surface area contributed by atoms with E-state index in [0.29, 0.717) is 18.9 Å². The number of Topliss-reactive ketones (excluding diaryl/α,β-unsaturated/α-hetero) is 1. The lowest BCUT2D eigenvalue weighted by molar-refractivity contribution is -0.141. The first kappa shape index (κ1) is 17.7. The third kappa shape index (κ3) is 4.20. The second kappa shape index (κ2) is 7.73. The highest BCUT2D eigenvalue weighted by Crippen LogP contribution is 2.27. The van der Waals surface area contributed by atoms with Gasteiger partial charge in [0.05, 0.1) is 6.04 Å². The number of amides is 1. The van der Waals surface area contributed by atoms with Gasteiger partial charge in [0.1, 0.15) is 6.04 Å². The fraction of sp³-hybridized carbons (Fsp3) is 0.579. The van der Waals surface area contributed by atoms with E-state index in [2.05, 4.69) is 0 Å². The Balaban J connectivity index is 2.20. The van der Waals surface area contributed by atoms with Crippen molar-refractivity contribution in [1.29, 1.82) is 0 Å². The third-order valence-electron chi connectivity index (χ3n) is 4.38. The SMILES string of the molecule is CC(C)CC(=O)C1CCCN1C(=O)C(c1ccccc1)N(C)C. The number of benzene rings is 1. The first-order valence-corrected chi connectivity index (χ1v) is 8.46. The molecule has 1 aliphatic rings. The molecule has 1 saturated heterocycles. The van der Waals surface area contributed by atoms with Crippen molar-refractivity contribution in [2.24, 2.45) is 5.92 Å². The predicted molar refractivity (Wildman–Crippen MR) is 92.1 cm³/mol. The Morgan fingerprint density at radius 1 is 1.22 bits per heavy atom. The van der Waals surface area contributed by atoms with Crippen molar-refractivity contribution in [3.63, 3.8) is 0 Å². The van der Waals surface area contributed by atoms with E-state index in [1.165, 1.54) is 0 Å². The topological polar surface area (TPSA) is 40.6 Å². The summed E-state index contributed by atoms with van der Waals surface area (Å²) in [6.07, 6.45) is 2.26. The minimum Gasteiger partial charge on any atom is -0.331 e. The number of hydrogen-bond acceptors (Lipinski definition) is 3. The number of ketones is 1. The average Bonchev–Trinajstić information content (AvgIpc) is 2.97. The molecule has 23 heavy (non-hydrogen) atoms. The molecular weight excluding hydrogens is 288 g/mol. The molecule has 1 aromatic rings. The van der Waals surface area contributed by atoms with E-state index in [1.54, 1.807) is 0 Å². The van der Waals surface area contributed by atoms with E-state index in [9.17, 15) is 9.59 Å². The molecule has 0 N–H and O–H groups in total. The van der Waals surface area contributed by atoms with E-state index in [-0.39, 0.29) is 23.8 Å². The molecule has 1 aromatic carbocycles. The predicted octanol–water partition coefficient (Wildman–Crippen LogP) is 2.90. The van der Waals surface area contributed by atoms with Gasteiger partial charge in [-0.1, -0.05) is 44.2 Å². The molecule has 2 unspecified atom stereocenters. The molecule has 1 fully saturated rings. The quantitative estimate of drug-likeness (QED) is 0.810. The summed E-state index contributed by atoms with van der Waals surface area (Å²) in [5, 5.41) is 0. The van der Waals surface area contributed by atoms with Crippen LogP contribution in [0.1, 0.15) is 44.7 Å². The second-order valence-corrected chi connectivity index (χ2v) is 7.03. The number of hydrogen-bond donors (Lipinski definition) is 0. The third-order valence-corrected chi connectivity index (χ3v) is 4.38. The Kier molecular flexibility index (Phi) is 5.94. The smallest absolute Gasteiger partial charge is 0.245 e. The normalized spacial score (nSPS) is 19.4. The molecule has 1 heterocycles. The lowest BCUT2D eigenvalue weighted by atomic mass is 9.99. The number of nitrogens with zero attached hydrogens (tertiary/aromatic N) is 2. The molecule has 0 aliphatic carbocycles. The van der Waals surface area contributed by atoms with Gasteiger partial charge in [-0.3, -0.25) is 14.5 Å². The number of likely N-dealkylation sites (N-methyl/N-ethyl adjacent to an activating group) is 1. The van der Waals surface area contributed by atoms with Gasteiger partial charge in [0.15, 0.2) is 5.78 Å².